The molecule has 1 aromatic heterocycles. The fraction of sp³-hybridized carbons (Fsp3) is 0.471. The molecule has 7 nitrogen and oxygen atoms in total. The first-order valence-corrected chi connectivity index (χ1v) is 9.91. The Balaban J connectivity index is 2.17. The van der Waals surface area contributed by atoms with Crippen LogP contribution in [0.15, 0.2) is 41.1 Å². The summed E-state index contributed by atoms with van der Waals surface area (Å²) in [5.74, 6) is -1.41. The Morgan fingerprint density at radius 1 is 1.32 bits per heavy atom. The van der Waals surface area contributed by atoms with Gasteiger partial charge in [0.05, 0.1) is 6.10 Å². The van der Waals surface area contributed by atoms with Gasteiger partial charge in [-0.3, -0.25) is 9.53 Å². The third kappa shape index (κ3) is 5.46. The van der Waals surface area contributed by atoms with Gasteiger partial charge >= 0.3 is 6.36 Å². The van der Waals surface area contributed by atoms with Crippen molar-refractivity contribution in [1.29, 1.82) is 0 Å². The van der Waals surface area contributed by atoms with Gasteiger partial charge in [0.15, 0.2) is 0 Å². The minimum atomic E-state index is -4.81. The molecule has 0 saturated carbocycles. The average Bonchev–Trinajstić information content (AvgIpc) is 2.91. The molecule has 0 saturated heterocycles. The summed E-state index contributed by atoms with van der Waals surface area (Å²) in [6, 6.07) is 0.876. The number of halogens is 3. The molecule has 2 atom stereocenters. The van der Waals surface area contributed by atoms with Crippen molar-refractivity contribution in [2.75, 3.05) is 0 Å². The summed E-state index contributed by atoms with van der Waals surface area (Å²) in [5.41, 5.74) is 0.271. The molecule has 1 aliphatic carbocycles. The average molecular weight is 421 g/mol. The van der Waals surface area contributed by atoms with Crippen molar-refractivity contribution in [3.05, 3.63) is 41.9 Å². The molecule has 11 heteroatoms. The number of amides is 1. The van der Waals surface area contributed by atoms with Gasteiger partial charge in [0, 0.05) is 30.9 Å². The number of nitrogens with zero attached hydrogens (tertiary/aromatic N) is 1. The summed E-state index contributed by atoms with van der Waals surface area (Å²) in [6.07, 6.45) is -0.716. The minimum absolute atomic E-state index is 0.0417. The standard InChI is InChI=1S/C17H22F3N3O4S/c1-10(2)22-28(25,26)12-8-14(23(4)9-12)16(24)21-13-6-5-7-15(11(13)3)27-17(18,19)20/h5-11,15,22H,1-4H3,(H,21,24). The molecule has 2 N–H and O–H groups in total. The first-order chi connectivity index (χ1) is 12.8. The molecular weight excluding hydrogens is 399 g/mol. The van der Waals surface area contributed by atoms with Gasteiger partial charge in [-0.2, -0.15) is 0 Å². The number of allylic oxidation sites excluding steroid dienone is 2. The van der Waals surface area contributed by atoms with Crippen LogP contribution in [0.3, 0.4) is 0 Å². The van der Waals surface area contributed by atoms with Gasteiger partial charge in [-0.1, -0.05) is 19.1 Å². The third-order valence-corrected chi connectivity index (χ3v) is 5.63. The Labute approximate surface area is 161 Å². The summed E-state index contributed by atoms with van der Waals surface area (Å²) in [5, 5.41) is 2.53. The lowest BCUT2D eigenvalue weighted by Gasteiger charge is -2.27. The fourth-order valence-electron chi connectivity index (χ4n) is 2.70. The zero-order valence-electron chi connectivity index (χ0n) is 15.7. The molecule has 0 radical (unpaired) electrons. The lowest BCUT2D eigenvalue weighted by Crippen LogP contribution is -2.36. The molecule has 0 bridgehead atoms. The molecular formula is C17H22F3N3O4S. The highest BCUT2D eigenvalue weighted by molar-refractivity contribution is 7.89. The van der Waals surface area contributed by atoms with Crippen LogP contribution in [-0.4, -0.2) is 37.4 Å². The van der Waals surface area contributed by atoms with Gasteiger partial charge in [-0.15, -0.1) is 13.2 Å². The predicted molar refractivity (Wildman–Crippen MR) is 95.7 cm³/mol. The number of aryl methyl sites for hydroxylation is 1. The van der Waals surface area contributed by atoms with Crippen molar-refractivity contribution in [3.8, 4) is 0 Å². The zero-order valence-corrected chi connectivity index (χ0v) is 16.6. The Hall–Kier alpha value is -2.11. The maximum absolute atomic E-state index is 12.6. The van der Waals surface area contributed by atoms with Crippen molar-refractivity contribution in [2.45, 2.75) is 44.2 Å². The smallest absolute Gasteiger partial charge is 0.345 e. The van der Waals surface area contributed by atoms with E-state index in [-0.39, 0.29) is 22.3 Å². The Morgan fingerprint density at radius 2 is 1.96 bits per heavy atom. The van der Waals surface area contributed by atoms with E-state index < -0.39 is 34.3 Å². The van der Waals surface area contributed by atoms with Crippen LogP contribution in [0.5, 0.6) is 0 Å². The molecule has 0 aromatic carbocycles. The maximum Gasteiger partial charge on any atom is 0.523 e. The number of aromatic nitrogens is 1. The highest BCUT2D eigenvalue weighted by atomic mass is 32.2. The first-order valence-electron chi connectivity index (χ1n) is 8.43. The number of hydrogen-bond donors (Lipinski definition) is 2. The van der Waals surface area contributed by atoms with Crippen LogP contribution < -0.4 is 10.0 Å². The number of nitrogens with one attached hydrogen (secondary N) is 2. The van der Waals surface area contributed by atoms with Gasteiger partial charge in [0.2, 0.25) is 10.0 Å². The summed E-state index contributed by atoms with van der Waals surface area (Å²) in [6.45, 7) is 4.81. The number of alkyl halides is 3. The lowest BCUT2D eigenvalue weighted by molar-refractivity contribution is -0.340. The van der Waals surface area contributed by atoms with E-state index in [9.17, 15) is 26.4 Å². The van der Waals surface area contributed by atoms with E-state index in [1.165, 1.54) is 49.0 Å². The molecule has 0 fully saturated rings. The van der Waals surface area contributed by atoms with Crippen molar-refractivity contribution in [1.82, 2.24) is 14.6 Å². The largest absolute Gasteiger partial charge is 0.523 e. The topological polar surface area (TPSA) is 89.4 Å². The zero-order chi connectivity index (χ0) is 21.3. The Kier molecular flexibility index (Phi) is 6.41. The van der Waals surface area contributed by atoms with Crippen molar-refractivity contribution >= 4 is 15.9 Å². The van der Waals surface area contributed by atoms with Crippen LogP contribution in [-0.2, 0) is 21.8 Å². The Morgan fingerprint density at radius 3 is 2.54 bits per heavy atom. The molecule has 28 heavy (non-hydrogen) atoms. The molecule has 2 rings (SSSR count). The predicted octanol–water partition coefficient (Wildman–Crippen LogP) is 2.44. The SMILES string of the molecule is CC(C)NS(=O)(=O)c1cc(C(=O)NC2=CC=CC(OC(F)(F)F)C2C)n(C)c1. The summed E-state index contributed by atoms with van der Waals surface area (Å²) in [4.78, 5) is 12.5. The lowest BCUT2D eigenvalue weighted by atomic mass is 9.95. The second-order valence-electron chi connectivity index (χ2n) is 6.73. The quantitative estimate of drug-likeness (QED) is 0.738. The van der Waals surface area contributed by atoms with Gasteiger partial charge in [0.1, 0.15) is 10.6 Å². The van der Waals surface area contributed by atoms with Crippen LogP contribution in [0, 0.1) is 5.92 Å². The molecule has 1 aromatic rings. The van der Waals surface area contributed by atoms with E-state index in [1.54, 1.807) is 13.8 Å². The number of sulfonamides is 1. The van der Waals surface area contributed by atoms with Crippen LogP contribution in [0.1, 0.15) is 31.3 Å². The second-order valence-corrected chi connectivity index (χ2v) is 8.44. The van der Waals surface area contributed by atoms with E-state index in [4.69, 9.17) is 0 Å². The molecule has 1 heterocycles. The van der Waals surface area contributed by atoms with Crippen molar-refractivity contribution < 1.29 is 31.1 Å². The van der Waals surface area contributed by atoms with E-state index in [2.05, 4.69) is 14.8 Å². The molecule has 156 valence electrons. The highest BCUT2D eigenvalue weighted by Gasteiger charge is 2.36. The van der Waals surface area contributed by atoms with E-state index >= 15 is 0 Å². The summed E-state index contributed by atoms with van der Waals surface area (Å²) < 4.78 is 69.8. The molecule has 1 aliphatic rings. The number of hydrogen-bond acceptors (Lipinski definition) is 4. The normalized spacial score (nSPS) is 20.4. The van der Waals surface area contributed by atoms with Gasteiger partial charge in [-0.25, -0.2) is 13.1 Å². The van der Waals surface area contributed by atoms with Crippen LogP contribution in [0.25, 0.3) is 0 Å². The van der Waals surface area contributed by atoms with E-state index in [0.717, 1.165) is 0 Å². The third-order valence-electron chi connectivity index (χ3n) is 4.00. The first kappa shape index (κ1) is 22.2. The molecule has 2 unspecified atom stereocenters. The Bertz CT molecular complexity index is 901. The van der Waals surface area contributed by atoms with Gasteiger partial charge in [-0.05, 0) is 26.0 Å². The maximum atomic E-state index is 12.6. The molecule has 0 aliphatic heterocycles. The van der Waals surface area contributed by atoms with Crippen molar-refractivity contribution in [3.63, 3.8) is 0 Å². The van der Waals surface area contributed by atoms with Gasteiger partial charge < -0.3 is 9.88 Å². The number of rotatable bonds is 6. The molecule has 1 amide bonds. The van der Waals surface area contributed by atoms with Crippen LogP contribution >= 0.6 is 0 Å². The summed E-state index contributed by atoms with van der Waals surface area (Å²) in [7, 11) is -2.29. The number of carbonyl (C=O) groups is 1. The van der Waals surface area contributed by atoms with E-state index in [1.807, 2.05) is 0 Å². The minimum Gasteiger partial charge on any atom is -0.345 e. The fourth-order valence-corrected chi connectivity index (χ4v) is 4.02. The summed E-state index contributed by atoms with van der Waals surface area (Å²) >= 11 is 0. The van der Waals surface area contributed by atoms with E-state index in [0.29, 0.717) is 0 Å². The highest BCUT2D eigenvalue weighted by Crippen LogP contribution is 2.28. The van der Waals surface area contributed by atoms with Crippen LogP contribution in [0.2, 0.25) is 0 Å². The second kappa shape index (κ2) is 8.10. The number of ether oxygens (including phenoxy) is 1. The van der Waals surface area contributed by atoms with Crippen LogP contribution in [0.4, 0.5) is 13.2 Å². The van der Waals surface area contributed by atoms with Crippen molar-refractivity contribution in [2.24, 2.45) is 13.0 Å². The molecule has 0 spiro atoms. The van der Waals surface area contributed by atoms with Gasteiger partial charge in [0.25, 0.3) is 5.91 Å². The number of carbonyl (C=O) groups excluding carboxylic acids is 1. The monoisotopic (exact) mass is 421 g/mol.